The number of rotatable bonds is 11. The van der Waals surface area contributed by atoms with Crippen molar-refractivity contribution in [2.45, 2.75) is 72.4 Å². The van der Waals surface area contributed by atoms with Crippen LogP contribution in [0.1, 0.15) is 74.4 Å². The highest BCUT2D eigenvalue weighted by atomic mass is 16.1. The number of hydrogen-bond acceptors (Lipinski definition) is 4. The lowest BCUT2D eigenvalue weighted by Crippen LogP contribution is -2.37. The van der Waals surface area contributed by atoms with Crippen molar-refractivity contribution < 1.29 is 4.79 Å². The molecule has 0 unspecified atom stereocenters. The molecule has 1 saturated heterocycles. The van der Waals surface area contributed by atoms with E-state index in [1.807, 2.05) is 10.9 Å². The van der Waals surface area contributed by atoms with Gasteiger partial charge in [0.25, 0.3) is 0 Å². The maximum absolute atomic E-state index is 13.6. The smallest absolute Gasteiger partial charge is 0.187 e. The molecule has 5 heteroatoms. The predicted octanol–water partition coefficient (Wildman–Crippen LogP) is 6.54. The van der Waals surface area contributed by atoms with Gasteiger partial charge in [0.2, 0.25) is 0 Å². The predicted molar refractivity (Wildman–Crippen MR) is 152 cm³/mol. The summed E-state index contributed by atoms with van der Waals surface area (Å²) in [6.45, 7) is 9.32. The summed E-state index contributed by atoms with van der Waals surface area (Å²) in [7, 11) is 0. The van der Waals surface area contributed by atoms with Gasteiger partial charge in [-0.2, -0.15) is 0 Å². The average molecular weight is 497 g/mol. The monoisotopic (exact) mass is 496 g/mol. The van der Waals surface area contributed by atoms with E-state index < -0.39 is 0 Å². The molecule has 0 spiro atoms. The van der Waals surface area contributed by atoms with Gasteiger partial charge in [0.15, 0.2) is 5.78 Å². The van der Waals surface area contributed by atoms with Crippen LogP contribution >= 0.6 is 0 Å². The second-order valence-corrected chi connectivity index (χ2v) is 10.1. The van der Waals surface area contributed by atoms with Gasteiger partial charge in [-0.05, 0) is 53.7 Å². The van der Waals surface area contributed by atoms with Crippen molar-refractivity contribution in [2.75, 3.05) is 13.1 Å². The van der Waals surface area contributed by atoms with Crippen LogP contribution in [-0.4, -0.2) is 38.8 Å². The molecular weight excluding hydrogens is 456 g/mol. The van der Waals surface area contributed by atoms with Crippen LogP contribution in [0.3, 0.4) is 0 Å². The van der Waals surface area contributed by atoms with E-state index in [9.17, 15) is 4.79 Å². The number of nitrogens with zero attached hydrogens (tertiary/aromatic N) is 4. The summed E-state index contributed by atoms with van der Waals surface area (Å²) < 4.78 is 1.93. The summed E-state index contributed by atoms with van der Waals surface area (Å²) in [5.74, 6) is 0.137. The second kappa shape index (κ2) is 13.3. The minimum atomic E-state index is 0.137. The number of piperidine rings is 1. The van der Waals surface area contributed by atoms with Crippen molar-refractivity contribution in [3.05, 3.63) is 93.8 Å². The van der Waals surface area contributed by atoms with Gasteiger partial charge in [0.05, 0.1) is 5.69 Å². The van der Waals surface area contributed by atoms with Gasteiger partial charge in [-0.3, -0.25) is 14.4 Å². The first kappa shape index (κ1) is 26.7. The van der Waals surface area contributed by atoms with E-state index in [2.05, 4.69) is 96.7 Å². The lowest BCUT2D eigenvalue weighted by atomic mass is 9.93. The molecule has 5 nitrogen and oxygen atoms in total. The second-order valence-electron chi connectivity index (χ2n) is 10.1. The summed E-state index contributed by atoms with van der Waals surface area (Å²) >= 11 is 0. The third-order valence-electron chi connectivity index (χ3n) is 6.80. The van der Waals surface area contributed by atoms with Crippen molar-refractivity contribution in [3.8, 4) is 0 Å². The van der Waals surface area contributed by atoms with Gasteiger partial charge in [0.1, 0.15) is 0 Å². The van der Waals surface area contributed by atoms with Gasteiger partial charge in [0, 0.05) is 43.5 Å². The van der Waals surface area contributed by atoms with E-state index in [1.54, 1.807) is 0 Å². The molecule has 0 radical (unpaired) electrons. The Morgan fingerprint density at radius 3 is 1.81 bits per heavy atom. The fourth-order valence-corrected chi connectivity index (χ4v) is 4.83. The normalized spacial score (nSPS) is 16.7. The third kappa shape index (κ3) is 7.59. The summed E-state index contributed by atoms with van der Waals surface area (Å²) in [6, 6.07) is 17.2. The summed E-state index contributed by atoms with van der Waals surface area (Å²) in [6.07, 6.45) is 12.8. The molecule has 2 aromatic carbocycles. The SMILES string of the molecule is CCCCn1cc(CN2C/C(=C/c3ccc(CCC)cc3)C(=O)/C(=C/c3ccc(CCC)cc3)C2)nn1. The first-order chi connectivity index (χ1) is 18.1. The molecule has 1 aliphatic heterocycles. The zero-order valence-corrected chi connectivity index (χ0v) is 22.6. The zero-order chi connectivity index (χ0) is 26.0. The number of benzene rings is 2. The van der Waals surface area contributed by atoms with E-state index >= 15 is 0 Å². The van der Waals surface area contributed by atoms with E-state index in [0.29, 0.717) is 19.6 Å². The van der Waals surface area contributed by atoms with Crippen molar-refractivity contribution in [1.29, 1.82) is 0 Å². The van der Waals surface area contributed by atoms with Crippen LogP contribution in [-0.2, 0) is 30.7 Å². The number of aromatic nitrogens is 3. The van der Waals surface area contributed by atoms with Crippen LogP contribution in [0.15, 0.2) is 65.9 Å². The largest absolute Gasteiger partial charge is 0.289 e. The number of hydrogen-bond donors (Lipinski definition) is 0. The fourth-order valence-electron chi connectivity index (χ4n) is 4.83. The Morgan fingerprint density at radius 2 is 1.32 bits per heavy atom. The van der Waals surface area contributed by atoms with E-state index in [-0.39, 0.29) is 5.78 Å². The Balaban J connectivity index is 1.59. The Bertz CT molecular complexity index is 1150. The highest BCUT2D eigenvalue weighted by Crippen LogP contribution is 2.24. The number of Topliss-reactive ketones (excluding diaryl/α,β-unsaturated/α-hetero) is 1. The Labute approximate surface area is 221 Å². The maximum Gasteiger partial charge on any atom is 0.187 e. The van der Waals surface area contributed by atoms with Crippen LogP contribution in [0.25, 0.3) is 12.2 Å². The third-order valence-corrected chi connectivity index (χ3v) is 6.80. The molecule has 0 N–H and O–H groups in total. The van der Waals surface area contributed by atoms with Crippen LogP contribution in [0.5, 0.6) is 0 Å². The number of unbranched alkanes of at least 4 members (excludes halogenated alkanes) is 1. The molecule has 0 bridgehead atoms. The van der Waals surface area contributed by atoms with Crippen LogP contribution < -0.4 is 0 Å². The van der Waals surface area contributed by atoms with Gasteiger partial charge < -0.3 is 0 Å². The maximum atomic E-state index is 13.6. The lowest BCUT2D eigenvalue weighted by Gasteiger charge is -2.29. The van der Waals surface area contributed by atoms with Crippen molar-refractivity contribution >= 4 is 17.9 Å². The van der Waals surface area contributed by atoms with E-state index in [4.69, 9.17) is 0 Å². The summed E-state index contributed by atoms with van der Waals surface area (Å²) in [5.41, 5.74) is 7.39. The Morgan fingerprint density at radius 1 is 0.784 bits per heavy atom. The number of likely N-dealkylation sites (tertiary alicyclic amines) is 1. The fraction of sp³-hybridized carbons (Fsp3) is 0.406. The van der Waals surface area contributed by atoms with Crippen molar-refractivity contribution in [1.82, 2.24) is 19.9 Å². The highest BCUT2D eigenvalue weighted by Gasteiger charge is 2.26. The molecule has 3 aromatic rings. The molecule has 0 aliphatic carbocycles. The van der Waals surface area contributed by atoms with Crippen LogP contribution in [0.2, 0.25) is 0 Å². The highest BCUT2D eigenvalue weighted by molar-refractivity contribution is 6.14. The van der Waals surface area contributed by atoms with Crippen LogP contribution in [0, 0.1) is 0 Å². The van der Waals surface area contributed by atoms with Crippen molar-refractivity contribution in [2.24, 2.45) is 0 Å². The van der Waals surface area contributed by atoms with Gasteiger partial charge >= 0.3 is 0 Å². The Hall–Kier alpha value is -3.31. The zero-order valence-electron chi connectivity index (χ0n) is 22.6. The topological polar surface area (TPSA) is 51.0 Å². The number of ketones is 1. The molecule has 1 aliphatic rings. The summed E-state index contributed by atoms with van der Waals surface area (Å²) in [5, 5.41) is 8.70. The molecule has 194 valence electrons. The van der Waals surface area contributed by atoms with Gasteiger partial charge in [-0.25, -0.2) is 0 Å². The quantitative estimate of drug-likeness (QED) is 0.283. The summed E-state index contributed by atoms with van der Waals surface area (Å²) in [4.78, 5) is 15.9. The molecular formula is C32H40N4O. The Kier molecular flexibility index (Phi) is 9.61. The molecule has 0 saturated carbocycles. The van der Waals surface area contributed by atoms with E-state index in [1.165, 1.54) is 11.1 Å². The van der Waals surface area contributed by atoms with Crippen molar-refractivity contribution in [3.63, 3.8) is 0 Å². The number of aryl methyl sites for hydroxylation is 3. The molecule has 2 heterocycles. The first-order valence-electron chi connectivity index (χ1n) is 13.8. The molecule has 4 rings (SSSR count). The lowest BCUT2D eigenvalue weighted by molar-refractivity contribution is -0.113. The van der Waals surface area contributed by atoms with Gasteiger partial charge in [-0.15, -0.1) is 5.10 Å². The van der Waals surface area contributed by atoms with Gasteiger partial charge in [-0.1, -0.05) is 93.8 Å². The van der Waals surface area contributed by atoms with Crippen LogP contribution in [0.4, 0.5) is 0 Å². The molecule has 0 amide bonds. The number of carbonyl (C=O) groups is 1. The minimum Gasteiger partial charge on any atom is -0.289 e. The number of carbonyl (C=O) groups excluding carboxylic acids is 1. The molecule has 1 fully saturated rings. The molecule has 0 atom stereocenters. The standard InChI is InChI=1S/C32H40N4O/c1-4-7-18-36-24-31(33-34-36)23-35-21-29(19-27-14-10-25(8-5-2)11-15-27)32(37)30(22-35)20-28-16-12-26(9-6-3)13-17-28/h10-17,19-20,24H,4-9,18,21-23H2,1-3H3/b29-19-,30-20+. The minimum absolute atomic E-state index is 0.137. The molecule has 1 aromatic heterocycles. The van der Waals surface area contributed by atoms with E-state index in [0.717, 1.165) is 73.0 Å². The average Bonchev–Trinajstić information content (AvgIpc) is 3.35. The first-order valence-corrected chi connectivity index (χ1v) is 13.8. The molecule has 37 heavy (non-hydrogen) atoms.